The van der Waals surface area contributed by atoms with Gasteiger partial charge in [0.25, 0.3) is 0 Å². The third-order valence-electron chi connectivity index (χ3n) is 10.1. The van der Waals surface area contributed by atoms with Gasteiger partial charge in [-0.3, -0.25) is 14.6 Å². The number of anilines is 1. The van der Waals surface area contributed by atoms with Crippen molar-refractivity contribution in [2.75, 3.05) is 11.5 Å². The third kappa shape index (κ3) is 7.98. The zero-order valence-corrected chi connectivity index (χ0v) is 28.9. The van der Waals surface area contributed by atoms with Gasteiger partial charge in [0.15, 0.2) is 0 Å². The first-order valence-corrected chi connectivity index (χ1v) is 17.4. The van der Waals surface area contributed by atoms with Crippen LogP contribution in [0.5, 0.6) is 5.75 Å². The number of aliphatic hydroxyl groups is 1. The van der Waals surface area contributed by atoms with Gasteiger partial charge >= 0.3 is 19.5 Å². The van der Waals surface area contributed by atoms with E-state index in [1.54, 1.807) is 72.9 Å². The van der Waals surface area contributed by atoms with Crippen molar-refractivity contribution in [3.05, 3.63) is 125 Å². The Kier molecular flexibility index (Phi) is 10.5. The molecule has 0 spiro atoms. The van der Waals surface area contributed by atoms with Crippen LogP contribution < -0.4 is 9.64 Å². The van der Waals surface area contributed by atoms with Crippen LogP contribution in [-0.4, -0.2) is 46.8 Å². The first-order chi connectivity index (χ1) is 26.2. The fraction of sp³-hybridized carbons (Fsp3) is 0.308. The molecule has 4 heterocycles. The third-order valence-corrected chi connectivity index (χ3v) is 10.1. The van der Waals surface area contributed by atoms with Crippen LogP contribution in [0.3, 0.4) is 0 Å². The molecule has 2 saturated heterocycles. The number of carbonyl (C=O) groups is 2. The van der Waals surface area contributed by atoms with Crippen molar-refractivity contribution >= 4 is 36.3 Å². The number of alkyl halides is 6. The van der Waals surface area contributed by atoms with E-state index < -0.39 is 72.0 Å². The number of benzene rings is 2. The van der Waals surface area contributed by atoms with Crippen LogP contribution in [0.15, 0.2) is 101 Å². The van der Waals surface area contributed by atoms with E-state index in [-0.39, 0.29) is 38.4 Å². The molecule has 0 bridgehead atoms. The molecule has 4 atom stereocenters. The van der Waals surface area contributed by atoms with E-state index in [2.05, 4.69) is 4.98 Å². The maximum atomic E-state index is 14.2. The molecule has 4 aromatic rings. The molecule has 3 aliphatic rings. The van der Waals surface area contributed by atoms with Gasteiger partial charge in [0.05, 0.1) is 40.4 Å². The number of rotatable bonds is 10. The molecule has 2 aliphatic heterocycles. The summed E-state index contributed by atoms with van der Waals surface area (Å²) in [4.78, 5) is 33.2. The van der Waals surface area contributed by atoms with Gasteiger partial charge in [-0.05, 0) is 109 Å². The number of amides is 2. The number of fused-ring (bicyclic) bond motifs is 3. The average Bonchev–Trinajstić information content (AvgIpc) is 3.72. The summed E-state index contributed by atoms with van der Waals surface area (Å²) in [5, 5.41) is 20.6. The van der Waals surface area contributed by atoms with Crippen LogP contribution in [0.1, 0.15) is 47.6 Å². The summed E-state index contributed by atoms with van der Waals surface area (Å²) in [5.41, 5.74) is -1.71. The van der Waals surface area contributed by atoms with E-state index in [1.807, 2.05) is 0 Å². The highest BCUT2D eigenvalue weighted by Gasteiger charge is 2.58. The van der Waals surface area contributed by atoms with E-state index in [9.17, 15) is 46.1 Å². The van der Waals surface area contributed by atoms with Crippen LogP contribution in [0, 0.1) is 17.8 Å². The Labute approximate surface area is 311 Å². The molecule has 0 unspecified atom stereocenters. The zero-order valence-electron chi connectivity index (χ0n) is 28.9. The number of hydrogen-bond acceptors (Lipinski definition) is 8. The Hall–Kier alpha value is -5.19. The second kappa shape index (κ2) is 15.2. The predicted octanol–water partition coefficient (Wildman–Crippen LogP) is 7.61. The van der Waals surface area contributed by atoms with Crippen LogP contribution in [0.2, 0.25) is 6.32 Å². The summed E-state index contributed by atoms with van der Waals surface area (Å²) in [7, 11) is -1.42. The quantitative estimate of drug-likeness (QED) is 0.0733. The molecule has 0 radical (unpaired) electrons. The summed E-state index contributed by atoms with van der Waals surface area (Å²) >= 11 is 0. The smallest absolute Gasteiger partial charge is 0.455 e. The number of imide groups is 1. The van der Waals surface area contributed by atoms with Gasteiger partial charge in [-0.1, -0.05) is 24.3 Å². The molecule has 7 rings (SSSR count). The SMILES string of the molecule is O=C1[C@@H]2[C@@H](CC(COc3ccccc3)=C3[C@@H](CC/C(=C/c4ccc(CO)o4)c4ccccn4)OB(O)C[C@@H]32)C(=O)N1c1cc(C(F)(F)F)cc(C(F)(F)F)c1. The highest BCUT2D eigenvalue weighted by Crippen LogP contribution is 2.52. The lowest BCUT2D eigenvalue weighted by molar-refractivity contribution is -0.143. The van der Waals surface area contributed by atoms with Gasteiger partial charge in [0.2, 0.25) is 11.8 Å². The number of aromatic nitrogens is 1. The molecular weight excluding hydrogens is 733 g/mol. The van der Waals surface area contributed by atoms with Crippen LogP contribution in [0.4, 0.5) is 32.0 Å². The van der Waals surface area contributed by atoms with Crippen LogP contribution in [-0.2, 0) is 33.2 Å². The second-order valence-electron chi connectivity index (χ2n) is 13.6. The molecule has 1 aliphatic carbocycles. The maximum Gasteiger partial charge on any atom is 0.455 e. The minimum atomic E-state index is -5.20. The number of halogens is 6. The van der Waals surface area contributed by atoms with Crippen molar-refractivity contribution in [1.82, 2.24) is 4.98 Å². The Morgan fingerprint density at radius 2 is 1.64 bits per heavy atom. The van der Waals surface area contributed by atoms with Crippen molar-refractivity contribution < 1.29 is 59.9 Å². The Balaban J connectivity index is 1.26. The minimum Gasteiger partial charge on any atom is -0.489 e. The highest BCUT2D eigenvalue weighted by atomic mass is 19.4. The lowest BCUT2D eigenvalue weighted by atomic mass is 9.58. The van der Waals surface area contributed by atoms with E-state index in [0.29, 0.717) is 63.1 Å². The normalized spacial score (nSPS) is 21.9. The van der Waals surface area contributed by atoms with E-state index in [0.717, 1.165) is 0 Å². The van der Waals surface area contributed by atoms with Crippen molar-refractivity contribution in [2.45, 2.75) is 50.6 Å². The van der Waals surface area contributed by atoms with E-state index in [1.165, 1.54) is 0 Å². The molecule has 2 fully saturated rings. The summed E-state index contributed by atoms with van der Waals surface area (Å²) < 4.78 is 101. The Morgan fingerprint density at radius 3 is 2.27 bits per heavy atom. The van der Waals surface area contributed by atoms with Gasteiger partial charge in [-0.25, -0.2) is 4.90 Å². The predicted molar refractivity (Wildman–Crippen MR) is 187 cm³/mol. The van der Waals surface area contributed by atoms with Crippen LogP contribution >= 0.6 is 0 Å². The number of aliphatic hydroxyl groups excluding tert-OH is 1. The minimum absolute atomic E-state index is 0.0647. The molecule has 2 N–H and O–H groups in total. The number of furan rings is 1. The van der Waals surface area contributed by atoms with Crippen molar-refractivity contribution in [1.29, 1.82) is 0 Å². The van der Waals surface area contributed by atoms with Gasteiger partial charge in [0.1, 0.15) is 30.5 Å². The van der Waals surface area contributed by atoms with E-state index >= 15 is 0 Å². The number of ether oxygens (including phenoxy) is 1. The molecule has 55 heavy (non-hydrogen) atoms. The Bertz CT molecular complexity index is 2090. The molecular formula is C39H33BF6N2O7. The number of para-hydroxylation sites is 1. The summed E-state index contributed by atoms with van der Waals surface area (Å²) in [5.74, 6) is -3.86. The molecule has 2 aromatic carbocycles. The first kappa shape index (κ1) is 38.1. The average molecular weight is 767 g/mol. The maximum absolute atomic E-state index is 14.2. The number of nitrogens with zero attached hydrogens (tertiary/aromatic N) is 2. The highest BCUT2D eigenvalue weighted by molar-refractivity contribution is 6.43. The number of hydrogen-bond donors (Lipinski definition) is 2. The van der Waals surface area contributed by atoms with Gasteiger partial charge in [0, 0.05) is 6.20 Å². The number of carbonyl (C=O) groups excluding carboxylic acids is 2. The first-order valence-electron chi connectivity index (χ1n) is 17.4. The topological polar surface area (TPSA) is 122 Å². The van der Waals surface area contributed by atoms with Gasteiger partial charge in [-0.15, -0.1) is 0 Å². The second-order valence-corrected chi connectivity index (χ2v) is 13.6. The summed E-state index contributed by atoms with van der Waals surface area (Å²) in [6, 6.07) is 18.0. The van der Waals surface area contributed by atoms with Crippen LogP contribution in [0.25, 0.3) is 11.6 Å². The van der Waals surface area contributed by atoms with Crippen molar-refractivity contribution in [2.24, 2.45) is 17.8 Å². The van der Waals surface area contributed by atoms with Crippen molar-refractivity contribution in [3.63, 3.8) is 0 Å². The molecule has 0 saturated carbocycles. The molecule has 2 amide bonds. The molecule has 2 aromatic heterocycles. The summed E-state index contributed by atoms with van der Waals surface area (Å²) in [6.45, 7) is -0.375. The number of pyridine rings is 1. The van der Waals surface area contributed by atoms with E-state index in [4.69, 9.17) is 13.8 Å². The number of allylic oxidation sites excluding steroid dienone is 1. The molecule has 286 valence electrons. The molecule has 16 heteroatoms. The van der Waals surface area contributed by atoms with Gasteiger partial charge < -0.3 is 23.9 Å². The monoisotopic (exact) mass is 766 g/mol. The summed E-state index contributed by atoms with van der Waals surface area (Å²) in [6.07, 6.45) is -7.62. The standard InChI is InChI=1S/C39H33BF6N2O7/c41-38(42,43)24-16-25(39(44,45)46)18-26(17-24)48-36(50)30-15-23(21-53-27-6-2-1-3-7-27)34-31(35(30)37(48)51)19-40(52)55-33(34)12-9-22(32-8-4-5-13-47-32)14-28-10-11-29(20-49)54-28/h1-8,10-11,13-14,16-18,30-31,33,35,49,52H,9,12,15,19-21H2/b22-14-/t30-,31+,33-,35-/m1/s1. The zero-order chi connectivity index (χ0) is 39.1. The fourth-order valence-corrected chi connectivity index (χ4v) is 7.75. The van der Waals surface area contributed by atoms with Gasteiger partial charge in [-0.2, -0.15) is 26.3 Å². The Morgan fingerprint density at radius 1 is 0.927 bits per heavy atom. The lowest BCUT2D eigenvalue weighted by Crippen LogP contribution is -2.46. The van der Waals surface area contributed by atoms with Crippen molar-refractivity contribution in [3.8, 4) is 5.75 Å². The molecule has 9 nitrogen and oxygen atoms in total. The largest absolute Gasteiger partial charge is 0.489 e. The fourth-order valence-electron chi connectivity index (χ4n) is 7.75. The lowest BCUT2D eigenvalue weighted by Gasteiger charge is -2.43.